The van der Waals surface area contributed by atoms with E-state index in [0.29, 0.717) is 5.02 Å². The SMILES string of the molecule is COC(=O)C(C)(C)CS(=O)(=O)c1ccc(Cl)cc1. The van der Waals surface area contributed by atoms with Crippen molar-refractivity contribution in [3.05, 3.63) is 29.3 Å². The van der Waals surface area contributed by atoms with E-state index in [9.17, 15) is 13.2 Å². The normalized spacial score (nSPS) is 12.2. The van der Waals surface area contributed by atoms with Gasteiger partial charge in [-0.25, -0.2) is 8.42 Å². The number of esters is 1. The van der Waals surface area contributed by atoms with E-state index in [-0.39, 0.29) is 10.6 Å². The van der Waals surface area contributed by atoms with Crippen molar-refractivity contribution < 1.29 is 17.9 Å². The zero-order chi connectivity index (χ0) is 14.0. The van der Waals surface area contributed by atoms with Crippen molar-refractivity contribution in [3.63, 3.8) is 0 Å². The van der Waals surface area contributed by atoms with Crippen LogP contribution in [0.2, 0.25) is 5.02 Å². The lowest BCUT2D eigenvalue weighted by atomic mass is 9.97. The van der Waals surface area contributed by atoms with E-state index in [1.54, 1.807) is 0 Å². The predicted molar refractivity (Wildman–Crippen MR) is 69.3 cm³/mol. The third-order valence-corrected chi connectivity index (χ3v) is 4.81. The van der Waals surface area contributed by atoms with Crippen LogP contribution in [0.4, 0.5) is 0 Å². The molecule has 0 atom stereocenters. The van der Waals surface area contributed by atoms with Gasteiger partial charge in [-0.05, 0) is 38.1 Å². The maximum Gasteiger partial charge on any atom is 0.312 e. The fraction of sp³-hybridized carbons (Fsp3) is 0.417. The van der Waals surface area contributed by atoms with E-state index in [0.717, 1.165) is 0 Å². The number of carbonyl (C=O) groups is 1. The molecule has 0 bridgehead atoms. The van der Waals surface area contributed by atoms with E-state index in [2.05, 4.69) is 4.74 Å². The van der Waals surface area contributed by atoms with Crippen LogP contribution in [-0.2, 0) is 19.4 Å². The number of ether oxygens (including phenoxy) is 1. The van der Waals surface area contributed by atoms with E-state index in [1.165, 1.54) is 45.2 Å². The first-order valence-electron chi connectivity index (χ1n) is 5.26. The van der Waals surface area contributed by atoms with Crippen LogP contribution >= 0.6 is 11.6 Å². The molecule has 0 saturated carbocycles. The quantitative estimate of drug-likeness (QED) is 0.799. The number of hydrogen-bond donors (Lipinski definition) is 0. The molecule has 0 unspecified atom stereocenters. The molecule has 0 spiro atoms. The lowest BCUT2D eigenvalue weighted by Gasteiger charge is -2.21. The molecule has 0 fully saturated rings. The Morgan fingerprint density at radius 2 is 1.78 bits per heavy atom. The highest BCUT2D eigenvalue weighted by Gasteiger charge is 2.35. The van der Waals surface area contributed by atoms with Gasteiger partial charge in [0.05, 0.1) is 23.2 Å². The molecule has 0 saturated heterocycles. The minimum atomic E-state index is -3.55. The lowest BCUT2D eigenvalue weighted by Crippen LogP contribution is -2.33. The number of sulfone groups is 1. The Morgan fingerprint density at radius 3 is 2.22 bits per heavy atom. The van der Waals surface area contributed by atoms with E-state index in [1.807, 2.05) is 0 Å². The summed E-state index contributed by atoms with van der Waals surface area (Å²) in [5.74, 6) is -0.867. The summed E-state index contributed by atoms with van der Waals surface area (Å²) in [7, 11) is -2.31. The molecule has 0 heterocycles. The van der Waals surface area contributed by atoms with Crippen molar-refractivity contribution in [2.45, 2.75) is 18.7 Å². The molecule has 0 aliphatic carbocycles. The summed E-state index contributed by atoms with van der Waals surface area (Å²) in [6.07, 6.45) is 0. The Hall–Kier alpha value is -1.07. The van der Waals surface area contributed by atoms with Crippen molar-refractivity contribution in [2.24, 2.45) is 5.41 Å². The topological polar surface area (TPSA) is 60.4 Å². The summed E-state index contributed by atoms with van der Waals surface area (Å²) < 4.78 is 28.8. The van der Waals surface area contributed by atoms with Gasteiger partial charge >= 0.3 is 5.97 Å². The summed E-state index contributed by atoms with van der Waals surface area (Å²) in [4.78, 5) is 11.6. The molecule has 1 aromatic rings. The number of carbonyl (C=O) groups excluding carboxylic acids is 1. The van der Waals surface area contributed by atoms with Crippen molar-refractivity contribution in [1.82, 2.24) is 0 Å². The predicted octanol–water partition coefficient (Wildman–Crippen LogP) is 2.31. The minimum Gasteiger partial charge on any atom is -0.469 e. The highest BCUT2D eigenvalue weighted by atomic mass is 35.5. The average molecular weight is 291 g/mol. The summed E-state index contributed by atoms with van der Waals surface area (Å²) >= 11 is 5.70. The Bertz CT molecular complexity index is 532. The molecule has 6 heteroatoms. The molecule has 0 amide bonds. The lowest BCUT2D eigenvalue weighted by molar-refractivity contribution is -0.149. The highest BCUT2D eigenvalue weighted by molar-refractivity contribution is 7.91. The van der Waals surface area contributed by atoms with Gasteiger partial charge in [0, 0.05) is 5.02 Å². The number of methoxy groups -OCH3 is 1. The first kappa shape index (κ1) is 15.0. The van der Waals surface area contributed by atoms with Gasteiger partial charge < -0.3 is 4.74 Å². The van der Waals surface area contributed by atoms with E-state index >= 15 is 0 Å². The average Bonchev–Trinajstić information content (AvgIpc) is 2.27. The number of benzene rings is 1. The van der Waals surface area contributed by atoms with Gasteiger partial charge in [0.1, 0.15) is 0 Å². The molecule has 0 radical (unpaired) electrons. The van der Waals surface area contributed by atoms with Crippen molar-refractivity contribution in [2.75, 3.05) is 12.9 Å². The van der Waals surface area contributed by atoms with E-state index < -0.39 is 21.2 Å². The third kappa shape index (κ3) is 3.46. The maximum absolute atomic E-state index is 12.1. The molecule has 1 aromatic carbocycles. The van der Waals surface area contributed by atoms with Crippen LogP contribution in [-0.4, -0.2) is 27.2 Å². The Labute approximate surface area is 112 Å². The molecule has 100 valence electrons. The zero-order valence-electron chi connectivity index (χ0n) is 10.4. The van der Waals surface area contributed by atoms with Gasteiger partial charge in [0.25, 0.3) is 0 Å². The maximum atomic E-state index is 12.1. The zero-order valence-corrected chi connectivity index (χ0v) is 12.0. The molecular formula is C12H15ClO4S. The van der Waals surface area contributed by atoms with Gasteiger partial charge in [-0.3, -0.25) is 4.79 Å². The van der Waals surface area contributed by atoms with Crippen LogP contribution in [0.3, 0.4) is 0 Å². The fourth-order valence-electron chi connectivity index (χ4n) is 1.54. The van der Waals surface area contributed by atoms with Gasteiger partial charge in [-0.2, -0.15) is 0 Å². The monoisotopic (exact) mass is 290 g/mol. The Kier molecular flexibility index (Phi) is 4.40. The summed E-state index contributed by atoms with van der Waals surface area (Å²) in [6.45, 7) is 3.07. The summed E-state index contributed by atoms with van der Waals surface area (Å²) in [5.41, 5.74) is -1.09. The van der Waals surface area contributed by atoms with Gasteiger partial charge in [-0.15, -0.1) is 0 Å². The highest BCUT2D eigenvalue weighted by Crippen LogP contribution is 2.24. The second kappa shape index (κ2) is 5.28. The molecule has 0 aliphatic heterocycles. The Balaban J connectivity index is 3.02. The Morgan fingerprint density at radius 1 is 1.28 bits per heavy atom. The van der Waals surface area contributed by atoms with Gasteiger partial charge in [0.15, 0.2) is 9.84 Å². The first-order valence-corrected chi connectivity index (χ1v) is 7.29. The van der Waals surface area contributed by atoms with Crippen molar-refractivity contribution in [3.8, 4) is 0 Å². The smallest absolute Gasteiger partial charge is 0.312 e. The molecule has 4 nitrogen and oxygen atoms in total. The van der Waals surface area contributed by atoms with Crippen LogP contribution < -0.4 is 0 Å². The van der Waals surface area contributed by atoms with Crippen LogP contribution in [0.15, 0.2) is 29.2 Å². The van der Waals surface area contributed by atoms with Crippen LogP contribution in [0.25, 0.3) is 0 Å². The van der Waals surface area contributed by atoms with E-state index in [4.69, 9.17) is 11.6 Å². The van der Waals surface area contributed by atoms with Crippen LogP contribution in [0.5, 0.6) is 0 Å². The second-order valence-corrected chi connectivity index (χ2v) is 7.01. The third-order valence-electron chi connectivity index (χ3n) is 2.46. The van der Waals surface area contributed by atoms with Crippen molar-refractivity contribution >= 4 is 27.4 Å². The molecule has 18 heavy (non-hydrogen) atoms. The molecule has 0 aromatic heterocycles. The number of hydrogen-bond acceptors (Lipinski definition) is 4. The van der Waals surface area contributed by atoms with Gasteiger partial charge in [-0.1, -0.05) is 11.6 Å². The largest absolute Gasteiger partial charge is 0.469 e. The summed E-state index contributed by atoms with van der Waals surface area (Å²) in [5, 5.41) is 0.459. The molecular weight excluding hydrogens is 276 g/mol. The second-order valence-electron chi connectivity index (χ2n) is 4.59. The van der Waals surface area contributed by atoms with Crippen LogP contribution in [0.1, 0.15) is 13.8 Å². The number of rotatable bonds is 4. The minimum absolute atomic E-state index is 0.142. The molecule has 0 N–H and O–H groups in total. The first-order chi connectivity index (χ1) is 8.19. The van der Waals surface area contributed by atoms with Crippen molar-refractivity contribution in [1.29, 1.82) is 0 Å². The summed E-state index contributed by atoms with van der Waals surface area (Å²) in [6, 6.07) is 5.84. The molecule has 0 aliphatic rings. The van der Waals surface area contributed by atoms with Gasteiger partial charge in [0.2, 0.25) is 0 Å². The fourth-order valence-corrected chi connectivity index (χ4v) is 3.45. The standard InChI is InChI=1S/C12H15ClO4S/c1-12(2,11(14)17-3)8-18(15,16)10-6-4-9(13)5-7-10/h4-7H,8H2,1-3H3. The van der Waals surface area contributed by atoms with Crippen LogP contribution in [0, 0.1) is 5.41 Å². The number of halogens is 1. The molecule has 1 rings (SSSR count).